The Bertz CT molecular complexity index is 957. The zero-order valence-corrected chi connectivity index (χ0v) is 11.9. The number of alkyl halides is 3. The quantitative estimate of drug-likeness (QED) is 0.568. The maximum absolute atomic E-state index is 12.8. The monoisotopic (exact) mass is 334 g/mol. The van der Waals surface area contributed by atoms with Crippen LogP contribution in [0.1, 0.15) is 5.56 Å². The summed E-state index contributed by atoms with van der Waals surface area (Å²) in [6.45, 7) is 0. The standard InChI is InChI=1S/C15H9F3N4O2/c16-15(17,18)9-4-5-11-12(7-9)20-14(21-13(11)19)8-2-1-3-10(6-8)22(23)24/h1-7H,(H2,19,20,21). The lowest BCUT2D eigenvalue weighted by atomic mass is 10.1. The normalized spacial score (nSPS) is 11.6. The second kappa shape index (κ2) is 5.44. The number of nitrogens with zero attached hydrogens (tertiary/aromatic N) is 3. The first-order chi connectivity index (χ1) is 11.3. The van der Waals surface area contributed by atoms with Crippen LogP contribution in [0.5, 0.6) is 0 Å². The topological polar surface area (TPSA) is 94.9 Å². The number of benzene rings is 2. The largest absolute Gasteiger partial charge is 0.416 e. The maximum atomic E-state index is 12.8. The number of anilines is 1. The number of non-ortho nitro benzene ring substituents is 1. The number of hydrogen-bond acceptors (Lipinski definition) is 5. The minimum atomic E-state index is -4.51. The predicted octanol–water partition coefficient (Wildman–Crippen LogP) is 3.81. The molecule has 9 heteroatoms. The van der Waals surface area contributed by atoms with Crippen LogP contribution < -0.4 is 5.73 Å². The fourth-order valence-corrected chi connectivity index (χ4v) is 2.22. The number of aromatic nitrogens is 2. The summed E-state index contributed by atoms with van der Waals surface area (Å²) in [5.74, 6) is 0.0123. The average Bonchev–Trinajstić information content (AvgIpc) is 2.53. The summed E-state index contributed by atoms with van der Waals surface area (Å²) in [4.78, 5) is 18.3. The lowest BCUT2D eigenvalue weighted by Crippen LogP contribution is -2.05. The molecule has 0 bridgehead atoms. The molecule has 0 aliphatic carbocycles. The van der Waals surface area contributed by atoms with E-state index in [1.165, 1.54) is 30.3 Å². The molecule has 2 N–H and O–H groups in total. The van der Waals surface area contributed by atoms with Gasteiger partial charge >= 0.3 is 6.18 Å². The molecule has 3 rings (SSSR count). The molecule has 0 spiro atoms. The van der Waals surface area contributed by atoms with Crippen LogP contribution in [0.25, 0.3) is 22.3 Å². The van der Waals surface area contributed by atoms with Crippen molar-refractivity contribution in [1.82, 2.24) is 9.97 Å². The van der Waals surface area contributed by atoms with Crippen molar-refractivity contribution in [2.45, 2.75) is 6.18 Å². The van der Waals surface area contributed by atoms with Gasteiger partial charge in [0, 0.05) is 23.1 Å². The summed E-state index contributed by atoms with van der Waals surface area (Å²) in [7, 11) is 0. The number of nitrogens with two attached hydrogens (primary N) is 1. The van der Waals surface area contributed by atoms with Crippen molar-refractivity contribution in [2.24, 2.45) is 0 Å². The molecule has 0 amide bonds. The number of nitrogen functional groups attached to an aromatic ring is 1. The van der Waals surface area contributed by atoms with Gasteiger partial charge in [0.1, 0.15) is 5.82 Å². The molecule has 1 aromatic heterocycles. The third-order valence-electron chi connectivity index (χ3n) is 3.37. The van der Waals surface area contributed by atoms with E-state index in [4.69, 9.17) is 5.73 Å². The van der Waals surface area contributed by atoms with Crippen molar-refractivity contribution < 1.29 is 18.1 Å². The highest BCUT2D eigenvalue weighted by Crippen LogP contribution is 2.33. The summed E-state index contributed by atoms with van der Waals surface area (Å²) in [6.07, 6.45) is -4.51. The number of halogens is 3. The van der Waals surface area contributed by atoms with E-state index in [-0.39, 0.29) is 33.8 Å². The van der Waals surface area contributed by atoms with Gasteiger partial charge in [0.25, 0.3) is 5.69 Å². The highest BCUT2D eigenvalue weighted by Gasteiger charge is 2.30. The third-order valence-corrected chi connectivity index (χ3v) is 3.37. The predicted molar refractivity (Wildman–Crippen MR) is 81.0 cm³/mol. The smallest absolute Gasteiger partial charge is 0.383 e. The van der Waals surface area contributed by atoms with Crippen LogP contribution >= 0.6 is 0 Å². The second-order valence-corrected chi connectivity index (χ2v) is 4.97. The molecule has 24 heavy (non-hydrogen) atoms. The first kappa shape index (κ1) is 15.7. The first-order valence-corrected chi connectivity index (χ1v) is 6.65. The van der Waals surface area contributed by atoms with E-state index in [0.29, 0.717) is 0 Å². The molecular weight excluding hydrogens is 325 g/mol. The molecule has 0 fully saturated rings. The fourth-order valence-electron chi connectivity index (χ4n) is 2.22. The fraction of sp³-hybridized carbons (Fsp3) is 0.0667. The highest BCUT2D eigenvalue weighted by atomic mass is 19.4. The molecule has 1 heterocycles. The minimum absolute atomic E-state index is 0.00442. The molecule has 0 saturated heterocycles. The number of fused-ring (bicyclic) bond motifs is 1. The lowest BCUT2D eigenvalue weighted by molar-refractivity contribution is -0.384. The molecule has 3 aromatic rings. The van der Waals surface area contributed by atoms with E-state index >= 15 is 0 Å². The second-order valence-electron chi connectivity index (χ2n) is 4.97. The van der Waals surface area contributed by atoms with Crippen LogP contribution in [-0.4, -0.2) is 14.9 Å². The molecule has 0 aliphatic heterocycles. The van der Waals surface area contributed by atoms with Gasteiger partial charge in [-0.2, -0.15) is 13.2 Å². The van der Waals surface area contributed by atoms with Crippen LogP contribution in [0.15, 0.2) is 42.5 Å². The molecule has 122 valence electrons. The first-order valence-electron chi connectivity index (χ1n) is 6.65. The summed E-state index contributed by atoms with van der Waals surface area (Å²) in [5, 5.41) is 11.1. The molecule has 0 unspecified atom stereocenters. The third kappa shape index (κ3) is 2.83. The van der Waals surface area contributed by atoms with Gasteiger partial charge in [-0.15, -0.1) is 0 Å². The zero-order chi connectivity index (χ0) is 17.5. The van der Waals surface area contributed by atoms with E-state index in [1.54, 1.807) is 0 Å². The number of nitro groups is 1. The SMILES string of the molecule is Nc1nc(-c2cccc([N+](=O)[O-])c2)nc2cc(C(F)(F)F)ccc12. The Kier molecular flexibility index (Phi) is 3.55. The van der Waals surface area contributed by atoms with Crippen molar-refractivity contribution in [3.05, 3.63) is 58.1 Å². The van der Waals surface area contributed by atoms with Crippen molar-refractivity contribution in [3.63, 3.8) is 0 Å². The minimum Gasteiger partial charge on any atom is -0.383 e. The number of rotatable bonds is 2. The van der Waals surface area contributed by atoms with E-state index in [0.717, 1.165) is 12.1 Å². The van der Waals surface area contributed by atoms with Gasteiger partial charge in [-0.1, -0.05) is 12.1 Å². The van der Waals surface area contributed by atoms with Crippen molar-refractivity contribution in [2.75, 3.05) is 5.73 Å². The van der Waals surface area contributed by atoms with Crippen molar-refractivity contribution in [1.29, 1.82) is 0 Å². The van der Waals surface area contributed by atoms with Gasteiger partial charge < -0.3 is 5.73 Å². The Morgan fingerprint density at radius 1 is 1.08 bits per heavy atom. The van der Waals surface area contributed by atoms with E-state index in [2.05, 4.69) is 9.97 Å². The van der Waals surface area contributed by atoms with E-state index in [9.17, 15) is 23.3 Å². The van der Waals surface area contributed by atoms with Gasteiger partial charge in [0.2, 0.25) is 0 Å². The summed E-state index contributed by atoms with van der Waals surface area (Å²) in [6, 6.07) is 8.43. The Hall–Kier alpha value is -3.23. The van der Waals surface area contributed by atoms with E-state index < -0.39 is 16.7 Å². The number of hydrogen-bond donors (Lipinski definition) is 1. The zero-order valence-electron chi connectivity index (χ0n) is 11.9. The summed E-state index contributed by atoms with van der Waals surface area (Å²) >= 11 is 0. The van der Waals surface area contributed by atoms with Crippen LogP contribution in [0.2, 0.25) is 0 Å². The molecule has 6 nitrogen and oxygen atoms in total. The Morgan fingerprint density at radius 3 is 2.50 bits per heavy atom. The molecule has 0 aliphatic rings. The highest BCUT2D eigenvalue weighted by molar-refractivity contribution is 5.90. The Balaban J connectivity index is 2.19. The lowest BCUT2D eigenvalue weighted by Gasteiger charge is -2.09. The molecule has 0 radical (unpaired) electrons. The summed E-state index contributed by atoms with van der Waals surface area (Å²) in [5.41, 5.74) is 5.04. The maximum Gasteiger partial charge on any atom is 0.416 e. The van der Waals surface area contributed by atoms with Gasteiger partial charge in [0.15, 0.2) is 5.82 Å². The van der Waals surface area contributed by atoms with Gasteiger partial charge in [-0.3, -0.25) is 10.1 Å². The van der Waals surface area contributed by atoms with Gasteiger partial charge in [0.05, 0.1) is 16.0 Å². The van der Waals surface area contributed by atoms with Crippen molar-refractivity contribution in [3.8, 4) is 11.4 Å². The van der Waals surface area contributed by atoms with Crippen LogP contribution in [0.3, 0.4) is 0 Å². The Labute approximate surface area is 132 Å². The van der Waals surface area contributed by atoms with Crippen LogP contribution in [-0.2, 0) is 6.18 Å². The van der Waals surface area contributed by atoms with Crippen LogP contribution in [0, 0.1) is 10.1 Å². The van der Waals surface area contributed by atoms with E-state index in [1.807, 2.05) is 0 Å². The molecule has 2 aromatic carbocycles. The van der Waals surface area contributed by atoms with Crippen LogP contribution in [0.4, 0.5) is 24.7 Å². The molecular formula is C15H9F3N4O2. The summed E-state index contributed by atoms with van der Waals surface area (Å²) < 4.78 is 38.5. The molecule has 0 atom stereocenters. The Morgan fingerprint density at radius 2 is 1.83 bits per heavy atom. The van der Waals surface area contributed by atoms with Gasteiger partial charge in [-0.25, -0.2) is 9.97 Å². The average molecular weight is 334 g/mol. The molecule has 0 saturated carbocycles. The number of nitro benzene ring substituents is 1. The van der Waals surface area contributed by atoms with Gasteiger partial charge in [-0.05, 0) is 18.2 Å². The van der Waals surface area contributed by atoms with Crippen molar-refractivity contribution >= 4 is 22.4 Å².